The van der Waals surface area contributed by atoms with Crippen LogP contribution in [0.4, 0.5) is 0 Å². The Hall–Kier alpha value is -2.06. The fraction of sp³-hybridized carbons (Fsp3) is 0.675. The van der Waals surface area contributed by atoms with Gasteiger partial charge in [-0.15, -0.1) is 0 Å². The zero-order chi connectivity index (χ0) is 35.6. The number of likely N-dealkylation sites (N-methyl/N-ethyl adjacent to an activating group) is 1. The second-order valence-corrected chi connectivity index (χ2v) is 15.7. The molecule has 0 N–H and O–H groups in total. The molecule has 9 heteroatoms. The highest BCUT2D eigenvalue weighted by atomic mass is 31.2. The summed E-state index contributed by atoms with van der Waals surface area (Å²) in [6.45, 7) is 3.04. The molecular weight excluding hydrogens is 637 g/mol. The van der Waals surface area contributed by atoms with Crippen molar-refractivity contribution in [1.29, 1.82) is 0 Å². The van der Waals surface area contributed by atoms with Gasteiger partial charge >= 0.3 is 5.97 Å². The average Bonchev–Trinajstić information content (AvgIpc) is 3.06. The van der Waals surface area contributed by atoms with E-state index in [0.717, 1.165) is 44.9 Å². The van der Waals surface area contributed by atoms with Gasteiger partial charge in [0.1, 0.15) is 19.3 Å². The van der Waals surface area contributed by atoms with Gasteiger partial charge in [-0.3, -0.25) is 9.36 Å². The Morgan fingerprint density at radius 2 is 1.41 bits per heavy atom. The molecular formula is C40H66NO7P. The Bertz CT molecular complexity index is 1230. The number of rotatable bonds is 30. The maximum Gasteiger partial charge on any atom is 0.306 e. The molecule has 0 amide bonds. The Labute approximate surface area is 297 Å². The zero-order valence-electron chi connectivity index (χ0n) is 31.1. The van der Waals surface area contributed by atoms with E-state index in [-0.39, 0.29) is 25.8 Å². The number of allylic oxidation sites excluding steroid dienone is 1. The lowest BCUT2D eigenvalue weighted by molar-refractivity contribution is -0.870. The number of benzene rings is 2. The molecule has 278 valence electrons. The van der Waals surface area contributed by atoms with Crippen molar-refractivity contribution in [2.75, 3.05) is 54.1 Å². The third-order valence-corrected chi connectivity index (χ3v) is 9.47. The van der Waals surface area contributed by atoms with Gasteiger partial charge in [0, 0.05) is 13.0 Å². The molecule has 0 spiro atoms. The van der Waals surface area contributed by atoms with Gasteiger partial charge < -0.3 is 27.9 Å². The number of nitrogens with zero attached hydrogens (tertiary/aromatic N) is 1. The van der Waals surface area contributed by atoms with Gasteiger partial charge in [0.25, 0.3) is 7.82 Å². The lowest BCUT2D eigenvalue weighted by Gasteiger charge is -2.28. The maximum absolute atomic E-state index is 12.5. The number of phosphoric acid groups is 1. The maximum atomic E-state index is 12.5. The van der Waals surface area contributed by atoms with Crippen molar-refractivity contribution < 1.29 is 37.3 Å². The second kappa shape index (κ2) is 25.8. The van der Waals surface area contributed by atoms with Crippen molar-refractivity contribution in [3.05, 3.63) is 54.1 Å². The average molecular weight is 704 g/mol. The number of phosphoric ester groups is 1. The van der Waals surface area contributed by atoms with Gasteiger partial charge in [0.05, 0.1) is 34.4 Å². The largest absolute Gasteiger partial charge is 0.756 e. The lowest BCUT2D eigenvalue weighted by Crippen LogP contribution is -2.37. The topological polar surface area (TPSA) is 94.1 Å². The van der Waals surface area contributed by atoms with Gasteiger partial charge in [-0.2, -0.15) is 0 Å². The predicted octanol–water partition coefficient (Wildman–Crippen LogP) is 9.64. The van der Waals surface area contributed by atoms with Crippen LogP contribution < -0.4 is 4.89 Å². The van der Waals surface area contributed by atoms with E-state index in [1.54, 1.807) is 0 Å². The van der Waals surface area contributed by atoms with E-state index in [4.69, 9.17) is 18.5 Å². The Balaban J connectivity index is 1.57. The van der Waals surface area contributed by atoms with Crippen LogP contribution in [0.15, 0.2) is 48.5 Å². The number of quaternary nitrogens is 1. The van der Waals surface area contributed by atoms with Crippen LogP contribution in [0.5, 0.6) is 0 Å². The van der Waals surface area contributed by atoms with Crippen LogP contribution in [0.25, 0.3) is 16.8 Å². The number of fused-ring (bicyclic) bond motifs is 1. The molecule has 2 rings (SSSR count). The minimum atomic E-state index is -4.52. The number of hydrogen-bond acceptors (Lipinski definition) is 7. The number of unbranched alkanes of at least 4 members (excludes halogenated alkanes) is 14. The van der Waals surface area contributed by atoms with Gasteiger partial charge in [-0.1, -0.05) is 133 Å². The fourth-order valence-corrected chi connectivity index (χ4v) is 6.23. The molecule has 0 aromatic heterocycles. The van der Waals surface area contributed by atoms with Crippen LogP contribution in [-0.2, 0) is 27.9 Å². The molecule has 0 saturated carbocycles. The Morgan fingerprint density at radius 1 is 0.776 bits per heavy atom. The van der Waals surface area contributed by atoms with Crippen LogP contribution >= 0.6 is 7.82 Å². The highest BCUT2D eigenvalue weighted by Gasteiger charge is 2.20. The number of esters is 1. The number of carbonyl (C=O) groups excluding carboxylic acids is 1. The summed E-state index contributed by atoms with van der Waals surface area (Å²) >= 11 is 0. The first-order valence-corrected chi connectivity index (χ1v) is 20.4. The number of ether oxygens (including phenoxy) is 2. The highest BCUT2D eigenvalue weighted by molar-refractivity contribution is 7.45. The summed E-state index contributed by atoms with van der Waals surface area (Å²) in [6.07, 6.45) is 22.2. The standard InChI is InChI=1S/C40H66NO7P/c1-5-6-7-8-13-17-20-27-40(42)48-39(35-47-49(43,44)46-32-30-41(2,3)4)34-45-31-23-18-15-12-10-9-11-14-16-19-24-36-28-29-37-25-21-22-26-38(37)33-36/h19,21-22,24-26,28-29,33,39H,5-18,20,23,27,30-32,34-35H2,1-4H3/b24-19+/t39-/m1/s1. The molecule has 0 heterocycles. The summed E-state index contributed by atoms with van der Waals surface area (Å²) < 4.78 is 34.4. The van der Waals surface area contributed by atoms with Crippen LogP contribution in [0.2, 0.25) is 0 Å². The minimum absolute atomic E-state index is 0.0214. The van der Waals surface area contributed by atoms with Crippen LogP contribution in [0, 0.1) is 0 Å². The van der Waals surface area contributed by atoms with Gasteiger partial charge in [0.15, 0.2) is 0 Å². The Morgan fingerprint density at radius 3 is 2.10 bits per heavy atom. The number of carbonyl (C=O) groups is 1. The van der Waals surface area contributed by atoms with Gasteiger partial charge in [-0.05, 0) is 48.1 Å². The van der Waals surface area contributed by atoms with E-state index >= 15 is 0 Å². The van der Waals surface area contributed by atoms with E-state index in [1.807, 2.05) is 21.1 Å². The van der Waals surface area contributed by atoms with E-state index in [0.29, 0.717) is 24.1 Å². The van der Waals surface area contributed by atoms with E-state index in [9.17, 15) is 14.3 Å². The first kappa shape index (κ1) is 43.1. The second-order valence-electron chi connectivity index (χ2n) is 14.3. The summed E-state index contributed by atoms with van der Waals surface area (Å²) in [5.41, 5.74) is 1.26. The fourth-order valence-electron chi connectivity index (χ4n) is 5.50. The van der Waals surface area contributed by atoms with Crippen molar-refractivity contribution in [3.63, 3.8) is 0 Å². The number of hydrogen-bond donors (Lipinski definition) is 0. The zero-order valence-corrected chi connectivity index (χ0v) is 32.0. The molecule has 2 aromatic rings. The Kier molecular flexibility index (Phi) is 22.7. The van der Waals surface area contributed by atoms with Gasteiger partial charge in [0.2, 0.25) is 0 Å². The van der Waals surface area contributed by atoms with E-state index < -0.39 is 13.9 Å². The summed E-state index contributed by atoms with van der Waals surface area (Å²) in [6, 6.07) is 15.1. The van der Waals surface area contributed by atoms with Crippen molar-refractivity contribution in [2.24, 2.45) is 0 Å². The SMILES string of the molecule is CCCCCCCCCC(=O)O[C@H](COCCCCCCCCCC/C=C/c1ccc2ccccc2c1)COP(=O)([O-])OCC[N+](C)(C)C. The van der Waals surface area contributed by atoms with E-state index in [2.05, 4.69) is 61.5 Å². The summed E-state index contributed by atoms with van der Waals surface area (Å²) in [5.74, 6) is -0.349. The predicted molar refractivity (Wildman–Crippen MR) is 200 cm³/mol. The molecule has 8 nitrogen and oxygen atoms in total. The molecule has 2 atom stereocenters. The molecule has 0 saturated heterocycles. The third kappa shape index (κ3) is 23.1. The van der Waals surface area contributed by atoms with Crippen molar-refractivity contribution in [2.45, 2.75) is 122 Å². The first-order chi connectivity index (χ1) is 23.6. The molecule has 0 aliphatic carbocycles. The van der Waals surface area contributed by atoms with Crippen molar-refractivity contribution in [1.82, 2.24) is 0 Å². The van der Waals surface area contributed by atoms with Crippen LogP contribution in [0.3, 0.4) is 0 Å². The molecule has 0 aliphatic heterocycles. The smallest absolute Gasteiger partial charge is 0.306 e. The van der Waals surface area contributed by atoms with Crippen molar-refractivity contribution >= 4 is 30.6 Å². The molecule has 0 aliphatic rings. The molecule has 49 heavy (non-hydrogen) atoms. The summed E-state index contributed by atoms with van der Waals surface area (Å²) in [4.78, 5) is 24.8. The normalized spacial score (nSPS) is 14.0. The molecule has 1 unspecified atom stereocenters. The van der Waals surface area contributed by atoms with Crippen LogP contribution in [-0.4, -0.2) is 70.7 Å². The van der Waals surface area contributed by atoms with Crippen molar-refractivity contribution in [3.8, 4) is 0 Å². The lowest BCUT2D eigenvalue weighted by atomic mass is 10.1. The van der Waals surface area contributed by atoms with Gasteiger partial charge in [-0.25, -0.2) is 0 Å². The van der Waals surface area contributed by atoms with E-state index in [1.165, 1.54) is 74.1 Å². The first-order valence-electron chi connectivity index (χ1n) is 18.9. The molecule has 0 fully saturated rings. The third-order valence-electron chi connectivity index (χ3n) is 8.51. The van der Waals surface area contributed by atoms with Crippen LogP contribution in [0.1, 0.15) is 122 Å². The monoisotopic (exact) mass is 703 g/mol. The summed E-state index contributed by atoms with van der Waals surface area (Å²) in [7, 11) is 1.34. The molecule has 2 aromatic carbocycles. The highest BCUT2D eigenvalue weighted by Crippen LogP contribution is 2.38. The summed E-state index contributed by atoms with van der Waals surface area (Å²) in [5, 5.41) is 2.56. The molecule has 0 radical (unpaired) electrons. The minimum Gasteiger partial charge on any atom is -0.756 e. The molecule has 0 bridgehead atoms. The quantitative estimate of drug-likeness (QED) is 0.0346.